The third kappa shape index (κ3) is 4.89. The largest absolute Gasteiger partial charge is 2.00 e. The van der Waals surface area contributed by atoms with E-state index in [-0.39, 0.29) is 35.5 Å². The molecule has 5 heteroatoms. The second-order valence-corrected chi connectivity index (χ2v) is 3.63. The minimum Gasteiger partial charge on any atom is -1.00 e. The number of hydrogen-bond acceptors (Lipinski definition) is 2. The summed E-state index contributed by atoms with van der Waals surface area (Å²) in [4.78, 5) is 8.44. The molecule has 0 atom stereocenters. The third-order valence-electron chi connectivity index (χ3n) is 1.53. The van der Waals surface area contributed by atoms with Crippen molar-refractivity contribution in [3.8, 4) is 0 Å². The maximum Gasteiger partial charge on any atom is 2.00 e. The van der Waals surface area contributed by atoms with E-state index in [1.807, 2.05) is 36.4 Å². The summed E-state index contributed by atoms with van der Waals surface area (Å²) in [7, 11) is 1.06. The van der Waals surface area contributed by atoms with Crippen molar-refractivity contribution in [1.82, 2.24) is 9.97 Å². The van der Waals surface area contributed by atoms with Crippen LogP contribution >= 0.6 is 8.58 Å². The van der Waals surface area contributed by atoms with E-state index in [1.54, 1.807) is 12.4 Å². The minimum absolute atomic E-state index is 0. The normalized spacial score (nSPS) is 8.53. The number of hydrogen-bond donors (Lipinski definition) is 0. The van der Waals surface area contributed by atoms with E-state index in [1.165, 1.54) is 0 Å². The fourth-order valence-electron chi connectivity index (χ4n) is 0.957. The van der Waals surface area contributed by atoms with Crippen molar-refractivity contribution >= 4 is 42.5 Å². The summed E-state index contributed by atoms with van der Waals surface area (Å²) in [6.07, 6.45) is 3.59. The zero-order valence-corrected chi connectivity index (χ0v) is 11.1. The van der Waals surface area contributed by atoms with E-state index in [0.29, 0.717) is 0 Å². The molecule has 0 aliphatic heterocycles. The van der Waals surface area contributed by atoms with E-state index < -0.39 is 0 Å². The van der Waals surface area contributed by atoms with Gasteiger partial charge < -0.3 is 21.0 Å². The Hall–Kier alpha value is -0.214. The predicted molar refractivity (Wildman–Crippen MR) is 60.4 cm³/mol. The van der Waals surface area contributed by atoms with Crippen molar-refractivity contribution in [2.24, 2.45) is 0 Å². The number of nitrogens with zero attached hydrogens (tertiary/aromatic N) is 2. The summed E-state index contributed by atoms with van der Waals surface area (Å²) in [5, 5.41) is 0. The zero-order chi connectivity index (χ0) is 8.93. The monoisotopic (exact) mass is 246 g/mol. The Labute approximate surface area is 113 Å². The van der Waals surface area contributed by atoms with Crippen molar-refractivity contribution < 1.29 is 12.4 Å². The summed E-state index contributed by atoms with van der Waals surface area (Å²) in [5.41, 5.74) is 2.06. The molecule has 15 heavy (non-hydrogen) atoms. The Balaban J connectivity index is 0.000000980. The predicted octanol–water partition coefficient (Wildman–Crippen LogP) is -2.00. The van der Waals surface area contributed by atoms with E-state index in [2.05, 4.69) is 9.97 Å². The van der Waals surface area contributed by atoms with Gasteiger partial charge in [0, 0.05) is 12.4 Å². The second kappa shape index (κ2) is 8.00. The summed E-state index contributed by atoms with van der Waals surface area (Å²) in [6, 6.07) is 11.8. The maximum absolute atomic E-state index is 4.22. The Bertz CT molecular complexity index is 334. The molecule has 0 fully saturated rings. The molecule has 0 saturated carbocycles. The van der Waals surface area contributed by atoms with E-state index >= 15 is 0 Å². The van der Waals surface area contributed by atoms with E-state index in [0.717, 1.165) is 19.5 Å². The molecule has 2 aromatic rings. The maximum atomic E-state index is 4.22. The van der Waals surface area contributed by atoms with Crippen LogP contribution in [0.1, 0.15) is 0 Å². The first kappa shape index (κ1) is 14.8. The average Bonchev–Trinajstić information content (AvgIpc) is 2.21. The quantitative estimate of drug-likeness (QED) is 0.453. The van der Waals surface area contributed by atoms with Gasteiger partial charge in [0.05, 0.1) is 0 Å². The summed E-state index contributed by atoms with van der Waals surface area (Å²) < 4.78 is 0. The molecular formula is C10H8ClMgN2P. The molecule has 0 bridgehead atoms. The van der Waals surface area contributed by atoms with Gasteiger partial charge in [0.15, 0.2) is 0 Å². The minimum atomic E-state index is 0. The van der Waals surface area contributed by atoms with Gasteiger partial charge in [0.2, 0.25) is 0 Å². The number of rotatable bonds is 2. The summed E-state index contributed by atoms with van der Waals surface area (Å²) >= 11 is 0. The van der Waals surface area contributed by atoms with Crippen LogP contribution in [-0.4, -0.2) is 33.0 Å². The Morgan fingerprint density at radius 1 is 0.800 bits per heavy atom. The SMILES string of the molecule is [Cl-].[Mg+2].c1ccc([P-]c2ccccn2)nc1. The van der Waals surface area contributed by atoms with Gasteiger partial charge in [-0.3, -0.25) is 9.97 Å². The average molecular weight is 247 g/mol. The molecule has 2 heterocycles. The molecule has 0 spiro atoms. The fourth-order valence-corrected chi connectivity index (χ4v) is 1.76. The van der Waals surface area contributed by atoms with Crippen molar-refractivity contribution in [2.45, 2.75) is 0 Å². The van der Waals surface area contributed by atoms with Gasteiger partial charge in [0.1, 0.15) is 0 Å². The Morgan fingerprint density at radius 3 is 1.60 bits per heavy atom. The van der Waals surface area contributed by atoms with Crippen molar-refractivity contribution in [2.75, 3.05) is 0 Å². The second-order valence-electron chi connectivity index (χ2n) is 2.49. The molecule has 0 aliphatic rings. The first-order valence-electron chi connectivity index (χ1n) is 3.99. The van der Waals surface area contributed by atoms with Crippen LogP contribution in [0.15, 0.2) is 48.8 Å². The molecule has 72 valence electrons. The van der Waals surface area contributed by atoms with Gasteiger partial charge in [-0.15, -0.1) is 10.9 Å². The molecule has 0 N–H and O–H groups in total. The number of halogens is 1. The van der Waals surface area contributed by atoms with Gasteiger partial charge in [-0.05, 0) is 12.1 Å². The van der Waals surface area contributed by atoms with Crippen LogP contribution in [-0.2, 0) is 0 Å². The third-order valence-corrected chi connectivity index (χ3v) is 2.51. The molecular weight excluding hydrogens is 239 g/mol. The fraction of sp³-hybridized carbons (Fsp3) is 0. The van der Waals surface area contributed by atoms with Crippen molar-refractivity contribution in [3.05, 3.63) is 48.8 Å². The first-order chi connectivity index (χ1) is 6.45. The zero-order valence-electron chi connectivity index (χ0n) is 8.05. The van der Waals surface area contributed by atoms with Crippen molar-refractivity contribution in [1.29, 1.82) is 0 Å². The van der Waals surface area contributed by atoms with Gasteiger partial charge in [-0.25, -0.2) is 0 Å². The molecule has 0 aliphatic carbocycles. The van der Waals surface area contributed by atoms with Gasteiger partial charge >= 0.3 is 23.1 Å². The van der Waals surface area contributed by atoms with Crippen LogP contribution < -0.4 is 23.3 Å². The van der Waals surface area contributed by atoms with Gasteiger partial charge in [0.25, 0.3) is 0 Å². The smallest absolute Gasteiger partial charge is 1.00 e. The number of aromatic nitrogens is 2. The molecule has 2 aromatic heterocycles. The number of pyridine rings is 2. The topological polar surface area (TPSA) is 25.8 Å². The van der Waals surface area contributed by atoms with Crippen LogP contribution in [0, 0.1) is 0 Å². The molecule has 2 nitrogen and oxygen atoms in total. The molecule has 0 saturated heterocycles. The molecule has 0 amide bonds. The molecule has 0 radical (unpaired) electrons. The van der Waals surface area contributed by atoms with Crippen molar-refractivity contribution in [3.63, 3.8) is 0 Å². The molecule has 0 aromatic carbocycles. The Kier molecular flexibility index (Phi) is 7.88. The Morgan fingerprint density at radius 2 is 1.27 bits per heavy atom. The van der Waals surface area contributed by atoms with Crippen LogP contribution in [0.3, 0.4) is 0 Å². The summed E-state index contributed by atoms with van der Waals surface area (Å²) in [5.74, 6) is 0. The van der Waals surface area contributed by atoms with Crippen LogP contribution in [0.2, 0.25) is 0 Å². The standard InChI is InChI=1S/C10H8N2P.ClH.Mg/c1-3-7-11-9(5-1)13-10-6-2-4-8-12-10;;/h1-8H;1H;/q-1;;+2/p-1. The van der Waals surface area contributed by atoms with E-state index in [9.17, 15) is 0 Å². The van der Waals surface area contributed by atoms with Gasteiger partial charge in [-0.1, -0.05) is 24.3 Å². The molecule has 0 unspecified atom stereocenters. The first-order valence-corrected chi connectivity index (χ1v) is 4.88. The summed E-state index contributed by atoms with van der Waals surface area (Å²) in [6.45, 7) is 0. The van der Waals surface area contributed by atoms with Crippen LogP contribution in [0.5, 0.6) is 0 Å². The van der Waals surface area contributed by atoms with Crippen LogP contribution in [0.25, 0.3) is 0 Å². The van der Waals surface area contributed by atoms with Gasteiger partial charge in [-0.2, -0.15) is 0 Å². The molecule has 2 rings (SSSR count). The van der Waals surface area contributed by atoms with E-state index in [4.69, 9.17) is 0 Å². The van der Waals surface area contributed by atoms with Crippen LogP contribution in [0.4, 0.5) is 0 Å².